The van der Waals surface area contributed by atoms with Crippen LogP contribution in [0.15, 0.2) is 48.8 Å². The first-order valence-electron chi connectivity index (χ1n) is 9.66. The zero-order valence-electron chi connectivity index (χ0n) is 15.6. The number of nitrogens with zero attached hydrogens (tertiary/aromatic N) is 3. The van der Waals surface area contributed by atoms with Crippen molar-refractivity contribution in [2.24, 2.45) is 0 Å². The third-order valence-corrected chi connectivity index (χ3v) is 5.83. The van der Waals surface area contributed by atoms with E-state index < -0.39 is 5.60 Å². The lowest BCUT2D eigenvalue weighted by atomic mass is 9.73. The van der Waals surface area contributed by atoms with E-state index in [0.29, 0.717) is 24.0 Å². The highest BCUT2D eigenvalue weighted by Gasteiger charge is 2.48. The average molecular weight is 377 g/mol. The van der Waals surface area contributed by atoms with Crippen LogP contribution < -0.4 is 0 Å². The van der Waals surface area contributed by atoms with Crippen molar-refractivity contribution in [3.63, 3.8) is 0 Å². The first kappa shape index (κ1) is 18.5. The first-order chi connectivity index (χ1) is 13.6. The summed E-state index contributed by atoms with van der Waals surface area (Å²) < 4.78 is 5.56. The van der Waals surface area contributed by atoms with Crippen LogP contribution in [-0.2, 0) is 16.9 Å². The van der Waals surface area contributed by atoms with E-state index in [1.54, 1.807) is 12.3 Å². The quantitative estimate of drug-likeness (QED) is 0.885. The smallest absolute Gasteiger partial charge is 0.410 e. The second-order valence-corrected chi connectivity index (χ2v) is 7.70. The molecule has 4 rings (SSSR count). The third-order valence-electron chi connectivity index (χ3n) is 5.83. The second kappa shape index (κ2) is 7.61. The van der Waals surface area contributed by atoms with E-state index in [4.69, 9.17) is 10.00 Å². The van der Waals surface area contributed by atoms with Gasteiger partial charge in [0.15, 0.2) is 0 Å². The Morgan fingerprint density at radius 2 is 1.96 bits per heavy atom. The molecule has 2 saturated heterocycles. The molecule has 6 nitrogen and oxygen atoms in total. The van der Waals surface area contributed by atoms with Crippen LogP contribution in [0.4, 0.5) is 4.79 Å². The molecule has 1 N–H and O–H groups in total. The lowest BCUT2D eigenvalue weighted by Crippen LogP contribution is -2.58. The largest absolute Gasteiger partial charge is 0.445 e. The van der Waals surface area contributed by atoms with Crippen molar-refractivity contribution < 1.29 is 14.6 Å². The Kier molecular flexibility index (Phi) is 5.01. The number of piperidine rings is 2. The minimum Gasteiger partial charge on any atom is -0.445 e. The monoisotopic (exact) mass is 377 g/mol. The highest BCUT2D eigenvalue weighted by atomic mass is 16.6. The van der Waals surface area contributed by atoms with Gasteiger partial charge in [-0.25, -0.2) is 4.79 Å². The number of carbonyl (C=O) groups excluding carboxylic acids is 1. The fraction of sp³-hybridized carbons (Fsp3) is 0.409. The Hall–Kier alpha value is -2.91. The number of rotatable bonds is 3. The SMILES string of the molecule is N#Cc1cncc(C2(O)CC3CCCC(C2)N3C(=O)OCc2ccccc2)c1. The third kappa shape index (κ3) is 3.58. The molecule has 2 aromatic rings. The molecule has 0 aliphatic carbocycles. The molecule has 0 radical (unpaired) electrons. The van der Waals surface area contributed by atoms with Gasteiger partial charge in [0, 0.05) is 42.9 Å². The summed E-state index contributed by atoms with van der Waals surface area (Å²) >= 11 is 0. The number of hydrogen-bond donors (Lipinski definition) is 1. The zero-order valence-corrected chi connectivity index (χ0v) is 15.6. The molecule has 2 bridgehead atoms. The van der Waals surface area contributed by atoms with Gasteiger partial charge in [0.25, 0.3) is 0 Å². The van der Waals surface area contributed by atoms with Crippen molar-refractivity contribution in [3.05, 3.63) is 65.5 Å². The second-order valence-electron chi connectivity index (χ2n) is 7.70. The molecule has 2 unspecified atom stereocenters. The van der Waals surface area contributed by atoms with Crippen molar-refractivity contribution in [2.75, 3.05) is 0 Å². The van der Waals surface area contributed by atoms with E-state index in [0.717, 1.165) is 24.8 Å². The van der Waals surface area contributed by atoms with E-state index in [-0.39, 0.29) is 24.8 Å². The van der Waals surface area contributed by atoms with Crippen molar-refractivity contribution in [3.8, 4) is 6.07 Å². The summed E-state index contributed by atoms with van der Waals surface area (Å²) in [6.45, 7) is 0.244. The lowest BCUT2D eigenvalue weighted by molar-refractivity contribution is -0.0898. The molecular formula is C22H23N3O3. The molecule has 1 amide bonds. The molecule has 1 aromatic carbocycles. The van der Waals surface area contributed by atoms with E-state index in [1.165, 1.54) is 6.20 Å². The number of ether oxygens (including phenoxy) is 1. The molecular weight excluding hydrogens is 354 g/mol. The number of aliphatic hydroxyl groups is 1. The summed E-state index contributed by atoms with van der Waals surface area (Å²) in [7, 11) is 0. The van der Waals surface area contributed by atoms with Gasteiger partial charge in [0.2, 0.25) is 0 Å². The molecule has 6 heteroatoms. The maximum absolute atomic E-state index is 12.8. The van der Waals surface area contributed by atoms with E-state index in [1.807, 2.05) is 35.2 Å². The van der Waals surface area contributed by atoms with E-state index in [2.05, 4.69) is 11.1 Å². The minimum absolute atomic E-state index is 0.0773. The summed E-state index contributed by atoms with van der Waals surface area (Å²) in [5.41, 5.74) is 0.960. The van der Waals surface area contributed by atoms with Crippen molar-refractivity contribution in [1.82, 2.24) is 9.88 Å². The predicted octanol–water partition coefficient (Wildman–Crippen LogP) is 3.49. The van der Waals surface area contributed by atoms with Gasteiger partial charge in [0.05, 0.1) is 11.2 Å². The Morgan fingerprint density at radius 1 is 1.25 bits per heavy atom. The Labute approximate surface area is 164 Å². The van der Waals surface area contributed by atoms with E-state index in [9.17, 15) is 9.90 Å². The number of amides is 1. The predicted molar refractivity (Wildman–Crippen MR) is 102 cm³/mol. The Balaban J connectivity index is 1.50. The molecule has 0 spiro atoms. The number of hydrogen-bond acceptors (Lipinski definition) is 5. The number of benzene rings is 1. The summed E-state index contributed by atoms with van der Waals surface area (Å²) in [4.78, 5) is 18.7. The molecule has 2 fully saturated rings. The van der Waals surface area contributed by atoms with Gasteiger partial charge in [-0.3, -0.25) is 4.98 Å². The highest BCUT2D eigenvalue weighted by molar-refractivity contribution is 5.69. The Bertz CT molecular complexity index is 879. The Morgan fingerprint density at radius 3 is 2.64 bits per heavy atom. The number of carbonyl (C=O) groups is 1. The first-order valence-corrected chi connectivity index (χ1v) is 9.66. The van der Waals surface area contributed by atoms with Gasteiger partial charge in [-0.15, -0.1) is 0 Å². The van der Waals surface area contributed by atoms with Gasteiger partial charge in [-0.2, -0.15) is 5.26 Å². The summed E-state index contributed by atoms with van der Waals surface area (Å²) in [6, 6.07) is 13.2. The number of fused-ring (bicyclic) bond motifs is 2. The fourth-order valence-corrected chi connectivity index (χ4v) is 4.51. The molecule has 2 aliphatic rings. The number of pyridine rings is 1. The van der Waals surface area contributed by atoms with Crippen LogP contribution in [0, 0.1) is 11.3 Å². The molecule has 3 heterocycles. The van der Waals surface area contributed by atoms with Gasteiger partial charge >= 0.3 is 6.09 Å². The van der Waals surface area contributed by atoms with Gasteiger partial charge in [-0.05, 0) is 30.9 Å². The van der Waals surface area contributed by atoms with Gasteiger partial charge in [0.1, 0.15) is 12.7 Å². The average Bonchev–Trinajstić information content (AvgIpc) is 2.72. The van der Waals surface area contributed by atoms with Crippen molar-refractivity contribution in [2.45, 2.75) is 56.4 Å². The molecule has 0 saturated carbocycles. The molecule has 28 heavy (non-hydrogen) atoms. The lowest BCUT2D eigenvalue weighted by Gasteiger charge is -2.51. The maximum atomic E-state index is 12.8. The van der Waals surface area contributed by atoms with Crippen LogP contribution in [0.25, 0.3) is 0 Å². The number of nitriles is 1. The molecule has 1 aromatic heterocycles. The summed E-state index contributed by atoms with van der Waals surface area (Å²) in [6.07, 6.45) is 6.37. The topological polar surface area (TPSA) is 86.5 Å². The van der Waals surface area contributed by atoms with Crippen LogP contribution in [0.5, 0.6) is 0 Å². The van der Waals surface area contributed by atoms with Crippen LogP contribution in [0.3, 0.4) is 0 Å². The van der Waals surface area contributed by atoms with Crippen molar-refractivity contribution in [1.29, 1.82) is 5.26 Å². The van der Waals surface area contributed by atoms with Crippen LogP contribution in [-0.4, -0.2) is 33.2 Å². The van der Waals surface area contributed by atoms with Gasteiger partial charge < -0.3 is 14.7 Å². The van der Waals surface area contributed by atoms with Gasteiger partial charge in [-0.1, -0.05) is 30.3 Å². The standard InChI is InChI=1S/C22H23N3O3/c23-12-17-9-18(14-24-13-17)22(27)10-19-7-4-8-20(11-22)25(19)21(26)28-15-16-5-2-1-3-6-16/h1-3,5-6,9,13-14,19-20,27H,4,7-8,10-11,15H2. The number of aromatic nitrogens is 1. The molecule has 2 atom stereocenters. The normalized spacial score (nSPS) is 26.4. The fourth-order valence-electron chi connectivity index (χ4n) is 4.51. The summed E-state index contributed by atoms with van der Waals surface area (Å²) in [5.74, 6) is 0. The highest BCUT2D eigenvalue weighted by Crippen LogP contribution is 2.44. The minimum atomic E-state index is -1.08. The van der Waals surface area contributed by atoms with E-state index >= 15 is 0 Å². The molecule has 144 valence electrons. The van der Waals surface area contributed by atoms with Crippen molar-refractivity contribution >= 4 is 6.09 Å². The van der Waals surface area contributed by atoms with Crippen LogP contribution in [0.1, 0.15) is 48.8 Å². The summed E-state index contributed by atoms with van der Waals surface area (Å²) in [5, 5.41) is 20.5. The van der Waals surface area contributed by atoms with Crippen LogP contribution in [0.2, 0.25) is 0 Å². The maximum Gasteiger partial charge on any atom is 0.410 e. The van der Waals surface area contributed by atoms with Crippen LogP contribution >= 0.6 is 0 Å². The zero-order chi connectivity index (χ0) is 19.6. The molecule has 2 aliphatic heterocycles.